The molecule has 2 aromatic carbocycles. The summed E-state index contributed by atoms with van der Waals surface area (Å²) in [5, 5.41) is 0. The van der Waals surface area contributed by atoms with E-state index >= 15 is 0 Å². The largest absolute Gasteiger partial charge is 0.465 e. The summed E-state index contributed by atoms with van der Waals surface area (Å²) >= 11 is 0. The maximum Gasteiger partial charge on any atom is 0.337 e. The Balaban J connectivity index is 1.78. The van der Waals surface area contributed by atoms with Crippen LogP contribution in [0.3, 0.4) is 0 Å². The molecule has 1 amide bonds. The predicted molar refractivity (Wildman–Crippen MR) is 106 cm³/mol. The highest BCUT2D eigenvalue weighted by atomic mass is 32.2. The van der Waals surface area contributed by atoms with Crippen LogP contribution in [0.5, 0.6) is 0 Å². The van der Waals surface area contributed by atoms with Crippen molar-refractivity contribution in [1.29, 1.82) is 0 Å². The van der Waals surface area contributed by atoms with E-state index in [9.17, 15) is 18.0 Å². The molecule has 1 heterocycles. The van der Waals surface area contributed by atoms with Gasteiger partial charge in [0.2, 0.25) is 0 Å². The maximum absolute atomic E-state index is 12.4. The van der Waals surface area contributed by atoms with Gasteiger partial charge in [-0.05, 0) is 50.2 Å². The number of nitrogens with zero attached hydrogens (tertiary/aromatic N) is 2. The van der Waals surface area contributed by atoms with E-state index in [0.717, 1.165) is 24.0 Å². The summed E-state index contributed by atoms with van der Waals surface area (Å²) in [5.74, 6) is -0.476. The Bertz CT molecular complexity index is 1200. The SMILES string of the molecule is CCn1c(C)nc2cc(C(=O)NNS(=O)(=O)c3cccc(C(=O)OC)c3)ccc21. The number of amides is 1. The molecule has 0 saturated carbocycles. The molecule has 0 aliphatic rings. The second-order valence-electron chi connectivity index (χ2n) is 6.19. The highest BCUT2D eigenvalue weighted by molar-refractivity contribution is 7.89. The van der Waals surface area contributed by atoms with Crippen LogP contribution in [-0.2, 0) is 21.3 Å². The van der Waals surface area contributed by atoms with Crippen molar-refractivity contribution < 1.29 is 22.7 Å². The second kappa shape index (κ2) is 8.02. The first-order valence-electron chi connectivity index (χ1n) is 8.74. The van der Waals surface area contributed by atoms with Crippen molar-refractivity contribution in [2.45, 2.75) is 25.3 Å². The number of imidazole rings is 1. The third kappa shape index (κ3) is 4.13. The summed E-state index contributed by atoms with van der Waals surface area (Å²) in [6.07, 6.45) is 0. The molecule has 0 aliphatic heterocycles. The number of ether oxygens (including phenoxy) is 1. The zero-order valence-electron chi connectivity index (χ0n) is 16.1. The number of carbonyl (C=O) groups excluding carboxylic acids is 2. The molecule has 0 fully saturated rings. The average Bonchev–Trinajstić information content (AvgIpc) is 3.05. The molecule has 3 rings (SSSR count). The second-order valence-corrected chi connectivity index (χ2v) is 7.87. The number of methoxy groups -OCH3 is 1. The number of sulfonamides is 1. The normalized spacial score (nSPS) is 11.4. The molecule has 10 heteroatoms. The third-order valence-corrected chi connectivity index (χ3v) is 5.63. The molecule has 0 spiro atoms. The van der Waals surface area contributed by atoms with Crippen molar-refractivity contribution in [3.05, 3.63) is 59.4 Å². The van der Waals surface area contributed by atoms with E-state index in [2.05, 4.69) is 15.1 Å². The fourth-order valence-electron chi connectivity index (χ4n) is 2.94. The summed E-state index contributed by atoms with van der Waals surface area (Å²) in [7, 11) is -2.89. The Morgan fingerprint density at radius 1 is 1.14 bits per heavy atom. The van der Waals surface area contributed by atoms with Crippen molar-refractivity contribution >= 4 is 32.9 Å². The van der Waals surface area contributed by atoms with Crippen molar-refractivity contribution in [3.63, 3.8) is 0 Å². The van der Waals surface area contributed by atoms with Crippen molar-refractivity contribution in [1.82, 2.24) is 19.8 Å². The van der Waals surface area contributed by atoms with Gasteiger partial charge in [0.25, 0.3) is 15.9 Å². The molecule has 3 aromatic rings. The van der Waals surface area contributed by atoms with E-state index in [-0.39, 0.29) is 16.0 Å². The van der Waals surface area contributed by atoms with E-state index in [4.69, 9.17) is 0 Å². The Morgan fingerprint density at radius 3 is 2.59 bits per heavy atom. The molecule has 0 bridgehead atoms. The average molecular weight is 416 g/mol. The van der Waals surface area contributed by atoms with Gasteiger partial charge < -0.3 is 9.30 Å². The number of rotatable bonds is 6. The standard InChI is InChI=1S/C19H20N4O5S/c1-4-23-12(2)20-16-11-13(8-9-17(16)23)18(24)21-22-29(26,27)15-7-5-6-14(10-15)19(25)28-3/h5-11,22H,4H2,1-3H3,(H,21,24). The van der Waals surface area contributed by atoms with Crippen LogP contribution in [0.2, 0.25) is 0 Å². The number of fused-ring (bicyclic) bond motifs is 1. The number of aryl methyl sites for hydroxylation is 2. The molecule has 0 aliphatic carbocycles. The van der Waals surface area contributed by atoms with Gasteiger partial charge in [0.05, 0.1) is 28.6 Å². The Morgan fingerprint density at radius 2 is 1.90 bits per heavy atom. The molecule has 0 unspecified atom stereocenters. The number of benzene rings is 2. The van der Waals surface area contributed by atoms with Gasteiger partial charge in [-0.3, -0.25) is 10.2 Å². The topological polar surface area (TPSA) is 119 Å². The number of nitrogens with one attached hydrogen (secondary N) is 2. The summed E-state index contributed by atoms with van der Waals surface area (Å²) in [4.78, 5) is 30.2. The van der Waals surface area contributed by atoms with Gasteiger partial charge in [-0.25, -0.2) is 18.2 Å². The minimum Gasteiger partial charge on any atom is -0.465 e. The van der Waals surface area contributed by atoms with Crippen LogP contribution in [0, 0.1) is 6.92 Å². The number of carbonyl (C=O) groups is 2. The summed E-state index contributed by atoms with van der Waals surface area (Å²) in [6.45, 7) is 4.62. The summed E-state index contributed by atoms with van der Waals surface area (Å²) in [6, 6.07) is 10.2. The van der Waals surface area contributed by atoms with E-state index in [0.29, 0.717) is 5.52 Å². The van der Waals surface area contributed by atoms with Crippen LogP contribution in [-0.4, -0.2) is 37.0 Å². The van der Waals surface area contributed by atoms with Gasteiger partial charge in [0, 0.05) is 12.1 Å². The lowest BCUT2D eigenvalue weighted by atomic mass is 10.2. The zero-order valence-corrected chi connectivity index (χ0v) is 16.9. The van der Waals surface area contributed by atoms with Crippen molar-refractivity contribution in [2.24, 2.45) is 0 Å². The molecule has 29 heavy (non-hydrogen) atoms. The van der Waals surface area contributed by atoms with Gasteiger partial charge in [-0.1, -0.05) is 6.07 Å². The van der Waals surface area contributed by atoms with Gasteiger partial charge in [-0.2, -0.15) is 0 Å². The lowest BCUT2D eigenvalue weighted by molar-refractivity contribution is 0.0600. The maximum atomic E-state index is 12.4. The lowest BCUT2D eigenvalue weighted by Gasteiger charge is -2.09. The summed E-state index contributed by atoms with van der Waals surface area (Å²) < 4.78 is 31.5. The van der Waals surface area contributed by atoms with E-state index < -0.39 is 21.9 Å². The molecule has 152 valence electrons. The number of esters is 1. The Labute approximate surface area is 167 Å². The number of hydrazine groups is 1. The van der Waals surface area contributed by atoms with Crippen LogP contribution in [0.4, 0.5) is 0 Å². The minimum atomic E-state index is -4.09. The first kappa shape index (κ1) is 20.5. The smallest absolute Gasteiger partial charge is 0.337 e. The van der Waals surface area contributed by atoms with Gasteiger partial charge in [0.1, 0.15) is 5.82 Å². The highest BCUT2D eigenvalue weighted by Gasteiger charge is 2.18. The monoisotopic (exact) mass is 416 g/mol. The summed E-state index contributed by atoms with van der Waals surface area (Å²) in [5.41, 5.74) is 4.04. The van der Waals surface area contributed by atoms with Gasteiger partial charge in [-0.15, -0.1) is 4.83 Å². The minimum absolute atomic E-state index is 0.0778. The van der Waals surface area contributed by atoms with Crippen LogP contribution in [0.1, 0.15) is 33.5 Å². The molecule has 1 aromatic heterocycles. The van der Waals surface area contributed by atoms with Crippen molar-refractivity contribution in [2.75, 3.05) is 7.11 Å². The van der Waals surface area contributed by atoms with Crippen LogP contribution < -0.4 is 10.3 Å². The Hall–Kier alpha value is -3.24. The van der Waals surface area contributed by atoms with Gasteiger partial charge in [0.15, 0.2) is 0 Å². The number of hydrogen-bond donors (Lipinski definition) is 2. The van der Waals surface area contributed by atoms with Crippen LogP contribution in [0.15, 0.2) is 47.4 Å². The molecular weight excluding hydrogens is 396 g/mol. The van der Waals surface area contributed by atoms with Gasteiger partial charge >= 0.3 is 5.97 Å². The Kier molecular flexibility index (Phi) is 5.66. The molecule has 0 saturated heterocycles. The van der Waals surface area contributed by atoms with Crippen LogP contribution in [0.25, 0.3) is 11.0 Å². The zero-order chi connectivity index (χ0) is 21.2. The van der Waals surface area contributed by atoms with Crippen LogP contribution >= 0.6 is 0 Å². The molecule has 0 atom stereocenters. The predicted octanol–water partition coefficient (Wildman–Crippen LogP) is 1.77. The molecule has 9 nitrogen and oxygen atoms in total. The first-order chi connectivity index (χ1) is 13.8. The molecule has 0 radical (unpaired) electrons. The molecular formula is C19H20N4O5S. The number of aromatic nitrogens is 2. The molecule has 2 N–H and O–H groups in total. The van der Waals surface area contributed by atoms with E-state index in [1.165, 1.54) is 25.3 Å². The fourth-order valence-corrected chi connectivity index (χ4v) is 3.83. The first-order valence-corrected chi connectivity index (χ1v) is 10.2. The van der Waals surface area contributed by atoms with E-state index in [1.807, 2.05) is 23.2 Å². The van der Waals surface area contributed by atoms with Crippen molar-refractivity contribution in [3.8, 4) is 0 Å². The number of hydrogen-bond acceptors (Lipinski definition) is 6. The quantitative estimate of drug-likeness (QED) is 0.467. The van der Waals surface area contributed by atoms with E-state index in [1.54, 1.807) is 18.2 Å². The fraction of sp³-hybridized carbons (Fsp3) is 0.211. The highest BCUT2D eigenvalue weighted by Crippen LogP contribution is 2.18. The lowest BCUT2D eigenvalue weighted by Crippen LogP contribution is -2.41. The third-order valence-electron chi connectivity index (χ3n) is 4.38.